The molecule has 1 aromatic carbocycles. The minimum Gasteiger partial charge on any atom is -0.459 e. The number of amides is 2. The molecule has 2 heterocycles. The molecule has 0 bridgehead atoms. The average molecular weight is 358 g/mol. The van der Waals surface area contributed by atoms with Gasteiger partial charge in [0.2, 0.25) is 5.91 Å². The summed E-state index contributed by atoms with van der Waals surface area (Å²) < 4.78 is 5.13. The van der Waals surface area contributed by atoms with Crippen LogP contribution in [0.2, 0.25) is 0 Å². The van der Waals surface area contributed by atoms with Crippen LogP contribution in [0.1, 0.15) is 28.1 Å². The third kappa shape index (κ3) is 4.25. The number of hydrogen-bond acceptors (Lipinski definition) is 4. The fraction of sp³-hybridized carbons (Fsp3) is 0.368. The molecule has 0 spiro atoms. The second kappa shape index (κ2) is 8.25. The molecule has 1 aliphatic rings. The van der Waals surface area contributed by atoms with E-state index < -0.39 is 6.04 Å². The van der Waals surface area contributed by atoms with Gasteiger partial charge in [-0.1, -0.05) is 24.3 Å². The third-order valence-electron chi connectivity index (χ3n) is 4.40. The standard InChI is InChI=1S/C19H22N2O3S/c1-25-12-9-16(20-18(22)17-7-4-11-24-17)19(23)21-10-8-14-5-2-3-6-15(14)13-21/h2-7,11,16H,8-10,12-13H2,1H3,(H,20,22). The SMILES string of the molecule is CSCCC(NC(=O)c1ccco1)C(=O)N1CCc2ccccc2C1. The van der Waals surface area contributed by atoms with Gasteiger partial charge in [0, 0.05) is 13.1 Å². The normalized spacial score (nSPS) is 14.7. The van der Waals surface area contributed by atoms with Crippen LogP contribution < -0.4 is 5.32 Å². The molecule has 2 amide bonds. The Morgan fingerprint density at radius 3 is 2.76 bits per heavy atom. The predicted octanol–water partition coefficient (Wildman–Crippen LogP) is 2.72. The minimum absolute atomic E-state index is 0.0246. The number of furan rings is 1. The molecule has 25 heavy (non-hydrogen) atoms. The second-order valence-electron chi connectivity index (χ2n) is 6.06. The van der Waals surface area contributed by atoms with Crippen molar-refractivity contribution in [1.29, 1.82) is 0 Å². The lowest BCUT2D eigenvalue weighted by atomic mass is 9.99. The molecule has 1 aliphatic heterocycles. The molecule has 0 saturated heterocycles. The zero-order valence-corrected chi connectivity index (χ0v) is 15.1. The first-order chi connectivity index (χ1) is 12.2. The number of hydrogen-bond donors (Lipinski definition) is 1. The second-order valence-corrected chi connectivity index (χ2v) is 7.05. The Labute approximate surface area is 151 Å². The number of nitrogens with zero attached hydrogens (tertiary/aromatic N) is 1. The summed E-state index contributed by atoms with van der Waals surface area (Å²) in [6.07, 6.45) is 4.90. The molecule has 1 atom stereocenters. The monoisotopic (exact) mass is 358 g/mol. The van der Waals surface area contributed by atoms with Crippen LogP contribution in [0.3, 0.4) is 0 Å². The van der Waals surface area contributed by atoms with E-state index in [9.17, 15) is 9.59 Å². The average Bonchev–Trinajstić information content (AvgIpc) is 3.19. The molecule has 5 nitrogen and oxygen atoms in total. The van der Waals surface area contributed by atoms with Gasteiger partial charge < -0.3 is 14.6 Å². The summed E-state index contributed by atoms with van der Waals surface area (Å²) in [6.45, 7) is 1.28. The number of carbonyl (C=O) groups is 2. The quantitative estimate of drug-likeness (QED) is 0.862. The largest absolute Gasteiger partial charge is 0.459 e. The topological polar surface area (TPSA) is 62.6 Å². The Morgan fingerprint density at radius 2 is 2.04 bits per heavy atom. The van der Waals surface area contributed by atoms with Crippen molar-refractivity contribution in [3.63, 3.8) is 0 Å². The smallest absolute Gasteiger partial charge is 0.287 e. The molecule has 0 radical (unpaired) electrons. The maximum Gasteiger partial charge on any atom is 0.287 e. The van der Waals surface area contributed by atoms with E-state index in [4.69, 9.17) is 4.42 Å². The summed E-state index contributed by atoms with van der Waals surface area (Å²) in [5.41, 5.74) is 2.48. The van der Waals surface area contributed by atoms with Crippen molar-refractivity contribution in [2.45, 2.75) is 25.4 Å². The van der Waals surface area contributed by atoms with E-state index in [0.29, 0.717) is 19.5 Å². The summed E-state index contributed by atoms with van der Waals surface area (Å²) in [5, 5.41) is 2.84. The molecule has 6 heteroatoms. The Hall–Kier alpha value is -2.21. The zero-order chi connectivity index (χ0) is 17.6. The maximum atomic E-state index is 13.0. The van der Waals surface area contributed by atoms with E-state index in [1.165, 1.54) is 17.4 Å². The van der Waals surface area contributed by atoms with E-state index in [1.54, 1.807) is 23.9 Å². The van der Waals surface area contributed by atoms with Gasteiger partial charge in [-0.2, -0.15) is 11.8 Å². The van der Waals surface area contributed by atoms with Crippen molar-refractivity contribution in [2.24, 2.45) is 0 Å². The maximum absolute atomic E-state index is 13.0. The summed E-state index contributed by atoms with van der Waals surface area (Å²) >= 11 is 1.66. The number of carbonyl (C=O) groups excluding carboxylic acids is 2. The first-order valence-corrected chi connectivity index (χ1v) is 9.77. The molecule has 2 aromatic rings. The number of thioether (sulfide) groups is 1. The van der Waals surface area contributed by atoms with Crippen molar-refractivity contribution in [1.82, 2.24) is 10.2 Å². The predicted molar refractivity (Wildman–Crippen MR) is 98.5 cm³/mol. The van der Waals surface area contributed by atoms with Gasteiger partial charge >= 0.3 is 0 Å². The number of nitrogens with one attached hydrogen (secondary N) is 1. The summed E-state index contributed by atoms with van der Waals surface area (Å²) in [5.74, 6) is 0.662. The lowest BCUT2D eigenvalue weighted by Gasteiger charge is -2.32. The lowest BCUT2D eigenvalue weighted by Crippen LogP contribution is -2.50. The summed E-state index contributed by atoms with van der Waals surface area (Å²) in [7, 11) is 0. The van der Waals surface area contributed by atoms with E-state index in [0.717, 1.165) is 12.2 Å². The van der Waals surface area contributed by atoms with Gasteiger partial charge in [-0.25, -0.2) is 0 Å². The molecule has 1 unspecified atom stereocenters. The molecule has 0 fully saturated rings. The van der Waals surface area contributed by atoms with Gasteiger partial charge in [0.05, 0.1) is 6.26 Å². The lowest BCUT2D eigenvalue weighted by molar-refractivity contribution is -0.134. The molecular formula is C19H22N2O3S. The zero-order valence-electron chi connectivity index (χ0n) is 14.2. The highest BCUT2D eigenvalue weighted by molar-refractivity contribution is 7.98. The fourth-order valence-corrected chi connectivity index (χ4v) is 3.51. The molecule has 0 aliphatic carbocycles. The highest BCUT2D eigenvalue weighted by Gasteiger charge is 2.28. The van der Waals surface area contributed by atoms with Crippen LogP contribution in [0.4, 0.5) is 0 Å². The van der Waals surface area contributed by atoms with Crippen LogP contribution in [0.5, 0.6) is 0 Å². The van der Waals surface area contributed by atoms with Crippen molar-refractivity contribution < 1.29 is 14.0 Å². The first kappa shape index (κ1) is 17.6. The molecule has 0 saturated carbocycles. The van der Waals surface area contributed by atoms with Crippen LogP contribution in [0.15, 0.2) is 47.1 Å². The number of benzene rings is 1. The molecule has 3 rings (SSSR count). The minimum atomic E-state index is -0.532. The van der Waals surface area contributed by atoms with Crippen molar-refractivity contribution in [3.8, 4) is 0 Å². The molecular weight excluding hydrogens is 336 g/mol. The van der Waals surface area contributed by atoms with E-state index in [-0.39, 0.29) is 17.6 Å². The highest BCUT2D eigenvalue weighted by atomic mass is 32.2. The Morgan fingerprint density at radius 1 is 1.24 bits per heavy atom. The van der Waals surface area contributed by atoms with Crippen molar-refractivity contribution in [3.05, 3.63) is 59.5 Å². The van der Waals surface area contributed by atoms with Gasteiger partial charge in [-0.3, -0.25) is 9.59 Å². The van der Waals surface area contributed by atoms with Crippen LogP contribution in [-0.2, 0) is 17.8 Å². The summed E-state index contributed by atoms with van der Waals surface area (Å²) in [4.78, 5) is 27.1. The van der Waals surface area contributed by atoms with Gasteiger partial charge in [-0.05, 0) is 48.1 Å². The Balaban J connectivity index is 1.70. The van der Waals surface area contributed by atoms with E-state index in [2.05, 4.69) is 17.4 Å². The number of fused-ring (bicyclic) bond motifs is 1. The molecule has 132 valence electrons. The first-order valence-electron chi connectivity index (χ1n) is 8.38. The fourth-order valence-electron chi connectivity index (χ4n) is 3.03. The molecule has 1 aromatic heterocycles. The Kier molecular flexibility index (Phi) is 5.81. The van der Waals surface area contributed by atoms with Crippen LogP contribution in [0.25, 0.3) is 0 Å². The van der Waals surface area contributed by atoms with E-state index >= 15 is 0 Å². The van der Waals surface area contributed by atoms with Gasteiger partial charge in [0.15, 0.2) is 5.76 Å². The Bertz CT molecular complexity index is 730. The van der Waals surface area contributed by atoms with Crippen molar-refractivity contribution >= 4 is 23.6 Å². The summed E-state index contributed by atoms with van der Waals surface area (Å²) in [6, 6.07) is 10.9. The third-order valence-corrected chi connectivity index (χ3v) is 5.05. The van der Waals surface area contributed by atoms with E-state index in [1.807, 2.05) is 23.3 Å². The highest BCUT2D eigenvalue weighted by Crippen LogP contribution is 2.20. The van der Waals surface area contributed by atoms with Crippen LogP contribution in [-0.4, -0.2) is 41.3 Å². The van der Waals surface area contributed by atoms with Gasteiger partial charge in [0.25, 0.3) is 5.91 Å². The van der Waals surface area contributed by atoms with Crippen molar-refractivity contribution in [2.75, 3.05) is 18.6 Å². The van der Waals surface area contributed by atoms with Gasteiger partial charge in [0.1, 0.15) is 6.04 Å². The van der Waals surface area contributed by atoms with Crippen LogP contribution >= 0.6 is 11.8 Å². The van der Waals surface area contributed by atoms with Gasteiger partial charge in [-0.15, -0.1) is 0 Å². The van der Waals surface area contributed by atoms with Crippen LogP contribution in [0, 0.1) is 0 Å². The number of rotatable bonds is 6. The molecule has 1 N–H and O–H groups in total.